The van der Waals surface area contributed by atoms with Gasteiger partial charge >= 0.3 is 5.97 Å². The fourth-order valence-corrected chi connectivity index (χ4v) is 3.47. The van der Waals surface area contributed by atoms with E-state index < -0.39 is 0 Å². The fourth-order valence-electron chi connectivity index (χ4n) is 3.47. The molecule has 3 rings (SSSR count). The molecule has 5 heteroatoms. The van der Waals surface area contributed by atoms with Crippen LogP contribution < -0.4 is 9.47 Å². The van der Waals surface area contributed by atoms with E-state index in [0.29, 0.717) is 30.6 Å². The number of benzene rings is 2. The Morgan fingerprint density at radius 2 is 1.30 bits per heavy atom. The first-order chi connectivity index (χ1) is 14.5. The molecule has 0 saturated heterocycles. The molecule has 5 nitrogen and oxygen atoms in total. The van der Waals surface area contributed by atoms with Crippen LogP contribution in [0.15, 0.2) is 59.7 Å². The summed E-state index contributed by atoms with van der Waals surface area (Å²) in [6.07, 6.45) is 4.41. The molecule has 30 heavy (non-hydrogen) atoms. The van der Waals surface area contributed by atoms with Crippen LogP contribution in [0.5, 0.6) is 11.5 Å². The van der Waals surface area contributed by atoms with E-state index >= 15 is 0 Å². The summed E-state index contributed by atoms with van der Waals surface area (Å²) in [7, 11) is 3.22. The monoisotopic (exact) mass is 406 g/mol. The Bertz CT molecular complexity index is 883. The molecule has 1 fully saturated rings. The maximum atomic E-state index is 13.2. The highest BCUT2D eigenvalue weighted by atomic mass is 16.5. The topological polar surface area (TPSA) is 61.8 Å². The molecule has 0 bridgehead atoms. The van der Waals surface area contributed by atoms with Crippen molar-refractivity contribution in [1.82, 2.24) is 0 Å². The number of allylic oxidation sites excluding steroid dienone is 2. The van der Waals surface area contributed by atoms with Crippen LogP contribution in [0.1, 0.15) is 30.9 Å². The van der Waals surface area contributed by atoms with E-state index in [0.717, 1.165) is 22.6 Å². The minimum Gasteiger partial charge on any atom is -0.497 e. The van der Waals surface area contributed by atoms with Crippen LogP contribution in [0.3, 0.4) is 0 Å². The summed E-state index contributed by atoms with van der Waals surface area (Å²) in [5, 5.41) is 0. The minimum absolute atomic E-state index is 0.0396. The number of hydrogen-bond acceptors (Lipinski definition) is 5. The lowest BCUT2D eigenvalue weighted by atomic mass is 9.80. The average molecular weight is 406 g/mol. The van der Waals surface area contributed by atoms with Crippen LogP contribution >= 0.6 is 0 Å². The van der Waals surface area contributed by atoms with Gasteiger partial charge in [-0.05, 0) is 67.3 Å². The van der Waals surface area contributed by atoms with Crippen LogP contribution in [0.4, 0.5) is 0 Å². The molecule has 1 aliphatic carbocycles. The van der Waals surface area contributed by atoms with Gasteiger partial charge in [0.15, 0.2) is 5.78 Å². The zero-order chi connectivity index (χ0) is 21.5. The summed E-state index contributed by atoms with van der Waals surface area (Å²) < 4.78 is 15.6. The van der Waals surface area contributed by atoms with Gasteiger partial charge in [0.05, 0.1) is 26.7 Å². The molecule has 0 radical (unpaired) electrons. The average Bonchev–Trinajstić information content (AvgIpc) is 2.77. The van der Waals surface area contributed by atoms with Gasteiger partial charge in [-0.25, -0.2) is 0 Å². The van der Waals surface area contributed by atoms with Crippen LogP contribution in [0.2, 0.25) is 0 Å². The number of hydrogen-bond donors (Lipinski definition) is 0. The molecule has 0 amide bonds. The molecular weight excluding hydrogens is 380 g/mol. The number of methoxy groups -OCH3 is 2. The Morgan fingerprint density at radius 3 is 1.67 bits per heavy atom. The van der Waals surface area contributed by atoms with Crippen molar-refractivity contribution in [2.45, 2.75) is 19.8 Å². The zero-order valence-corrected chi connectivity index (χ0v) is 17.5. The van der Waals surface area contributed by atoms with E-state index in [4.69, 9.17) is 14.2 Å². The van der Waals surface area contributed by atoms with Gasteiger partial charge < -0.3 is 14.2 Å². The second kappa shape index (κ2) is 9.92. The number of ether oxygens (including phenoxy) is 3. The molecule has 0 N–H and O–H groups in total. The van der Waals surface area contributed by atoms with Crippen molar-refractivity contribution >= 4 is 23.9 Å². The number of ketones is 1. The normalized spacial score (nSPS) is 19.0. The Balaban J connectivity index is 1.94. The first-order valence-electron chi connectivity index (χ1n) is 9.94. The van der Waals surface area contributed by atoms with Crippen molar-refractivity contribution in [3.05, 3.63) is 70.8 Å². The predicted molar refractivity (Wildman–Crippen MR) is 116 cm³/mol. The van der Waals surface area contributed by atoms with Gasteiger partial charge in [0.2, 0.25) is 0 Å². The van der Waals surface area contributed by atoms with E-state index in [-0.39, 0.29) is 17.7 Å². The fraction of sp³-hybridized carbons (Fsp3) is 0.280. The number of rotatable bonds is 6. The molecule has 1 aliphatic rings. The van der Waals surface area contributed by atoms with E-state index in [1.807, 2.05) is 60.7 Å². The predicted octanol–water partition coefficient (Wildman–Crippen LogP) is 4.71. The molecule has 2 aromatic rings. The smallest absolute Gasteiger partial charge is 0.309 e. The second-order valence-corrected chi connectivity index (χ2v) is 7.07. The zero-order valence-electron chi connectivity index (χ0n) is 17.5. The first-order valence-corrected chi connectivity index (χ1v) is 9.94. The third-order valence-corrected chi connectivity index (χ3v) is 5.05. The Labute approximate surface area is 177 Å². The van der Waals surface area contributed by atoms with Gasteiger partial charge in [-0.15, -0.1) is 0 Å². The van der Waals surface area contributed by atoms with E-state index in [1.54, 1.807) is 21.1 Å². The Hall–Kier alpha value is -3.34. The van der Waals surface area contributed by atoms with Gasteiger partial charge in [0.1, 0.15) is 11.5 Å². The highest BCUT2D eigenvalue weighted by Crippen LogP contribution is 2.33. The highest BCUT2D eigenvalue weighted by Gasteiger charge is 2.32. The lowest BCUT2D eigenvalue weighted by molar-refractivity contribution is -0.148. The third-order valence-electron chi connectivity index (χ3n) is 5.05. The molecule has 1 unspecified atom stereocenters. The number of carbonyl (C=O) groups is 2. The van der Waals surface area contributed by atoms with Crippen molar-refractivity contribution in [1.29, 1.82) is 0 Å². The Morgan fingerprint density at radius 1 is 0.867 bits per heavy atom. The molecule has 0 aliphatic heterocycles. The number of esters is 1. The van der Waals surface area contributed by atoms with Crippen molar-refractivity contribution < 1.29 is 23.8 Å². The van der Waals surface area contributed by atoms with Crippen LogP contribution in [-0.2, 0) is 14.3 Å². The van der Waals surface area contributed by atoms with Crippen molar-refractivity contribution in [2.75, 3.05) is 20.8 Å². The van der Waals surface area contributed by atoms with E-state index in [1.165, 1.54) is 0 Å². The molecule has 2 aromatic carbocycles. The van der Waals surface area contributed by atoms with Gasteiger partial charge in [0, 0.05) is 11.1 Å². The highest BCUT2D eigenvalue weighted by molar-refractivity contribution is 6.14. The molecule has 0 aromatic heterocycles. The summed E-state index contributed by atoms with van der Waals surface area (Å²) in [5.74, 6) is 0.804. The standard InChI is InChI=1S/C25H26O5/c1-4-30-25(27)21-15-19(13-17-5-9-22(28-2)10-6-17)24(26)20(16-21)14-18-7-11-23(29-3)12-8-18/h5-14,21H,4,15-16H2,1-3H3/b19-13-,20-14+. The minimum atomic E-state index is -0.378. The maximum absolute atomic E-state index is 13.2. The largest absolute Gasteiger partial charge is 0.497 e. The van der Waals surface area contributed by atoms with Gasteiger partial charge in [0.25, 0.3) is 0 Å². The maximum Gasteiger partial charge on any atom is 0.309 e. The lowest BCUT2D eigenvalue weighted by Crippen LogP contribution is -2.27. The van der Waals surface area contributed by atoms with Crippen LogP contribution in [-0.4, -0.2) is 32.6 Å². The molecule has 0 spiro atoms. The summed E-state index contributed by atoms with van der Waals surface area (Å²) in [5.41, 5.74) is 2.97. The summed E-state index contributed by atoms with van der Waals surface area (Å²) >= 11 is 0. The summed E-state index contributed by atoms with van der Waals surface area (Å²) in [6.45, 7) is 2.10. The molecule has 156 valence electrons. The molecular formula is C25H26O5. The quantitative estimate of drug-likeness (QED) is 0.513. The number of carbonyl (C=O) groups excluding carboxylic acids is 2. The second-order valence-electron chi connectivity index (χ2n) is 7.07. The van der Waals surface area contributed by atoms with Gasteiger partial charge in [-0.1, -0.05) is 24.3 Å². The van der Waals surface area contributed by atoms with Gasteiger partial charge in [-0.2, -0.15) is 0 Å². The molecule has 0 heterocycles. The van der Waals surface area contributed by atoms with Crippen LogP contribution in [0.25, 0.3) is 12.2 Å². The lowest BCUT2D eigenvalue weighted by Gasteiger charge is -2.24. The number of Topliss-reactive ketones (excluding diaryl/α,β-unsaturated/α-hetero) is 1. The first kappa shape index (κ1) is 21.4. The van der Waals surface area contributed by atoms with Crippen molar-refractivity contribution in [3.8, 4) is 11.5 Å². The molecule has 1 atom stereocenters. The summed E-state index contributed by atoms with van der Waals surface area (Å²) in [4.78, 5) is 25.6. The SMILES string of the molecule is CCOC(=O)C1C/C(=C/c2ccc(OC)cc2)C(=O)/C(=C/c2ccc(OC)cc2)C1. The van der Waals surface area contributed by atoms with Crippen molar-refractivity contribution in [3.63, 3.8) is 0 Å². The van der Waals surface area contributed by atoms with E-state index in [9.17, 15) is 9.59 Å². The van der Waals surface area contributed by atoms with Gasteiger partial charge in [-0.3, -0.25) is 9.59 Å². The molecule has 1 saturated carbocycles. The summed E-state index contributed by atoms with van der Waals surface area (Å²) in [6, 6.07) is 14.9. The van der Waals surface area contributed by atoms with Crippen LogP contribution in [0, 0.1) is 5.92 Å². The van der Waals surface area contributed by atoms with E-state index in [2.05, 4.69) is 0 Å². The Kier molecular flexibility index (Phi) is 7.07. The van der Waals surface area contributed by atoms with Crippen molar-refractivity contribution in [2.24, 2.45) is 5.92 Å². The third kappa shape index (κ3) is 5.17.